The van der Waals surface area contributed by atoms with Crippen molar-refractivity contribution in [3.8, 4) is 5.75 Å². The molecule has 0 spiro atoms. The fraction of sp³-hybridized carbons (Fsp3) is 0.190. The Hall–Kier alpha value is -3.61. The summed E-state index contributed by atoms with van der Waals surface area (Å²) in [6.07, 6.45) is 1.61. The van der Waals surface area contributed by atoms with Crippen molar-refractivity contribution in [1.82, 2.24) is 0 Å². The van der Waals surface area contributed by atoms with Crippen LogP contribution in [0.15, 0.2) is 61.2 Å². The minimum Gasteiger partial charge on any atom is -0.484 e. The van der Waals surface area contributed by atoms with E-state index in [1.807, 2.05) is 18.2 Å². The highest BCUT2D eigenvalue weighted by molar-refractivity contribution is 5.96. The molecule has 0 aliphatic rings. The van der Waals surface area contributed by atoms with E-state index in [1.165, 1.54) is 37.3 Å². The molecule has 0 unspecified atom stereocenters. The fourth-order valence-electron chi connectivity index (χ4n) is 2.47. The molecule has 2 rings (SSSR count). The molecule has 7 heteroatoms. The zero-order valence-corrected chi connectivity index (χ0v) is 15.7. The van der Waals surface area contributed by atoms with Gasteiger partial charge in [-0.25, -0.2) is 9.59 Å². The van der Waals surface area contributed by atoms with Crippen molar-refractivity contribution in [3.05, 3.63) is 72.3 Å². The number of nitrogens with zero attached hydrogens (tertiary/aromatic N) is 1. The number of carbonyl (C=O) groups excluding carboxylic acids is 3. The summed E-state index contributed by atoms with van der Waals surface area (Å²) in [7, 11) is 2.45. The molecule has 28 heavy (non-hydrogen) atoms. The largest absolute Gasteiger partial charge is 0.484 e. The van der Waals surface area contributed by atoms with Crippen LogP contribution >= 0.6 is 0 Å². The predicted molar refractivity (Wildman–Crippen MR) is 104 cm³/mol. The number of para-hydroxylation sites is 1. The van der Waals surface area contributed by atoms with Crippen LogP contribution in [0, 0.1) is 0 Å². The Balaban J connectivity index is 2.21. The van der Waals surface area contributed by atoms with Gasteiger partial charge < -0.3 is 19.1 Å². The molecule has 0 fully saturated rings. The smallest absolute Gasteiger partial charge is 0.338 e. The van der Waals surface area contributed by atoms with Crippen LogP contribution in [0.5, 0.6) is 5.75 Å². The van der Waals surface area contributed by atoms with E-state index in [1.54, 1.807) is 18.2 Å². The van der Waals surface area contributed by atoms with E-state index in [4.69, 9.17) is 4.74 Å². The van der Waals surface area contributed by atoms with Gasteiger partial charge in [-0.05, 0) is 30.3 Å². The maximum atomic E-state index is 12.6. The van der Waals surface area contributed by atoms with Crippen molar-refractivity contribution < 1.29 is 28.6 Å². The van der Waals surface area contributed by atoms with Crippen molar-refractivity contribution in [2.45, 2.75) is 0 Å². The molecule has 1 amide bonds. The van der Waals surface area contributed by atoms with Crippen LogP contribution in [0.2, 0.25) is 0 Å². The maximum Gasteiger partial charge on any atom is 0.338 e. The zero-order valence-electron chi connectivity index (χ0n) is 15.7. The van der Waals surface area contributed by atoms with E-state index in [9.17, 15) is 14.4 Å². The average molecular weight is 383 g/mol. The quantitative estimate of drug-likeness (QED) is 0.515. The van der Waals surface area contributed by atoms with Crippen LogP contribution in [0.1, 0.15) is 20.7 Å². The fourth-order valence-corrected chi connectivity index (χ4v) is 2.47. The standard InChI is InChI=1S/C21H21NO6/c1-4-10-22(17-8-6-5-7-9-17)19(23)14-28-18-12-15(20(24)26-2)11-16(13-18)21(25)27-3/h4-9,11-13H,1,10,14H2,2-3H3. The van der Waals surface area contributed by atoms with Crippen molar-refractivity contribution in [2.24, 2.45) is 0 Å². The van der Waals surface area contributed by atoms with Crippen molar-refractivity contribution in [1.29, 1.82) is 0 Å². The lowest BCUT2D eigenvalue weighted by molar-refractivity contribution is -0.120. The minimum atomic E-state index is -0.639. The number of rotatable bonds is 8. The van der Waals surface area contributed by atoms with Gasteiger partial charge in [-0.2, -0.15) is 0 Å². The Kier molecular flexibility index (Phi) is 7.33. The molecule has 0 aromatic heterocycles. The molecule has 0 aliphatic heterocycles. The lowest BCUT2D eigenvalue weighted by Crippen LogP contribution is -2.35. The monoisotopic (exact) mass is 383 g/mol. The first kappa shape index (κ1) is 20.7. The van der Waals surface area contributed by atoms with E-state index in [2.05, 4.69) is 16.1 Å². The molecule has 2 aromatic carbocycles. The van der Waals surface area contributed by atoms with E-state index in [-0.39, 0.29) is 29.4 Å². The zero-order chi connectivity index (χ0) is 20.5. The topological polar surface area (TPSA) is 82.1 Å². The first-order valence-corrected chi connectivity index (χ1v) is 8.41. The highest BCUT2D eigenvalue weighted by Crippen LogP contribution is 2.20. The van der Waals surface area contributed by atoms with Gasteiger partial charge in [0.15, 0.2) is 6.61 Å². The van der Waals surface area contributed by atoms with E-state index < -0.39 is 11.9 Å². The molecule has 7 nitrogen and oxygen atoms in total. The third-order valence-electron chi connectivity index (χ3n) is 3.79. The minimum absolute atomic E-state index is 0.110. The van der Waals surface area contributed by atoms with Crippen molar-refractivity contribution in [3.63, 3.8) is 0 Å². The Bertz CT molecular complexity index is 828. The first-order chi connectivity index (χ1) is 13.5. The molecule has 0 bridgehead atoms. The molecule has 0 heterocycles. The lowest BCUT2D eigenvalue weighted by Gasteiger charge is -2.21. The van der Waals surface area contributed by atoms with Gasteiger partial charge in [0.05, 0.1) is 25.3 Å². The molecule has 0 radical (unpaired) electrons. The Labute approximate surface area is 163 Å². The van der Waals surface area contributed by atoms with Gasteiger partial charge in [0.25, 0.3) is 5.91 Å². The molecule has 2 aromatic rings. The highest BCUT2D eigenvalue weighted by atomic mass is 16.5. The lowest BCUT2D eigenvalue weighted by atomic mass is 10.1. The van der Waals surface area contributed by atoms with Gasteiger partial charge in [-0.15, -0.1) is 6.58 Å². The summed E-state index contributed by atoms with van der Waals surface area (Å²) >= 11 is 0. The van der Waals surface area contributed by atoms with Crippen LogP contribution in [0.4, 0.5) is 5.69 Å². The third kappa shape index (κ3) is 5.20. The van der Waals surface area contributed by atoms with Gasteiger partial charge in [0.2, 0.25) is 0 Å². The van der Waals surface area contributed by atoms with Gasteiger partial charge in [-0.1, -0.05) is 24.3 Å². The number of ether oxygens (including phenoxy) is 3. The summed E-state index contributed by atoms with van der Waals surface area (Å²) in [6.45, 7) is 3.68. The SMILES string of the molecule is C=CCN(C(=O)COc1cc(C(=O)OC)cc(C(=O)OC)c1)c1ccccc1. The maximum absolute atomic E-state index is 12.6. The summed E-state index contributed by atoms with van der Waals surface area (Å²) in [5.41, 5.74) is 0.923. The molecule has 0 saturated heterocycles. The van der Waals surface area contributed by atoms with Crippen LogP contribution in [-0.2, 0) is 14.3 Å². The number of anilines is 1. The van der Waals surface area contributed by atoms with Crippen LogP contribution in [0.25, 0.3) is 0 Å². The number of esters is 2. The molecule has 0 saturated carbocycles. The average Bonchev–Trinajstić information content (AvgIpc) is 2.74. The molecule has 0 atom stereocenters. The summed E-state index contributed by atoms with van der Waals surface area (Å²) in [5.74, 6) is -1.42. The van der Waals surface area contributed by atoms with Crippen LogP contribution in [0.3, 0.4) is 0 Å². The predicted octanol–water partition coefficient (Wildman–Crippen LogP) is 2.86. The Morgan fingerprint density at radius 3 is 2.04 bits per heavy atom. The van der Waals surface area contributed by atoms with E-state index in [0.29, 0.717) is 12.2 Å². The van der Waals surface area contributed by atoms with Gasteiger partial charge in [0.1, 0.15) is 5.75 Å². The number of hydrogen-bond donors (Lipinski definition) is 0. The van der Waals surface area contributed by atoms with Crippen LogP contribution < -0.4 is 9.64 Å². The first-order valence-electron chi connectivity index (χ1n) is 8.41. The second-order valence-electron chi connectivity index (χ2n) is 5.65. The van der Waals surface area contributed by atoms with Gasteiger partial charge in [0, 0.05) is 12.2 Å². The Morgan fingerprint density at radius 1 is 0.964 bits per heavy atom. The van der Waals surface area contributed by atoms with Crippen LogP contribution in [-0.4, -0.2) is 45.2 Å². The van der Waals surface area contributed by atoms with Crippen molar-refractivity contribution in [2.75, 3.05) is 32.3 Å². The number of amides is 1. The molecule has 146 valence electrons. The number of methoxy groups -OCH3 is 2. The molecular weight excluding hydrogens is 362 g/mol. The number of carbonyl (C=O) groups is 3. The second-order valence-corrected chi connectivity index (χ2v) is 5.65. The normalized spacial score (nSPS) is 9.93. The summed E-state index contributed by atoms with van der Waals surface area (Å²) in [4.78, 5) is 37.8. The second kappa shape index (κ2) is 9.91. The molecule has 0 N–H and O–H groups in total. The van der Waals surface area contributed by atoms with E-state index >= 15 is 0 Å². The van der Waals surface area contributed by atoms with Gasteiger partial charge >= 0.3 is 11.9 Å². The number of benzene rings is 2. The highest BCUT2D eigenvalue weighted by Gasteiger charge is 2.18. The Morgan fingerprint density at radius 2 is 1.54 bits per heavy atom. The summed E-state index contributed by atoms with van der Waals surface area (Å²) in [6, 6.07) is 13.2. The molecular formula is C21H21NO6. The van der Waals surface area contributed by atoms with Gasteiger partial charge in [-0.3, -0.25) is 4.79 Å². The molecule has 0 aliphatic carbocycles. The van der Waals surface area contributed by atoms with Crippen molar-refractivity contribution >= 4 is 23.5 Å². The summed E-state index contributed by atoms with van der Waals surface area (Å²) < 4.78 is 14.9. The van der Waals surface area contributed by atoms with E-state index in [0.717, 1.165) is 0 Å². The summed E-state index contributed by atoms with van der Waals surface area (Å²) in [5, 5.41) is 0. The number of hydrogen-bond acceptors (Lipinski definition) is 6. The third-order valence-corrected chi connectivity index (χ3v) is 3.79.